The minimum Gasteiger partial charge on any atom is -0.326 e. The number of rotatable bonds is 7. The maximum Gasteiger partial charge on any atom is 0.263 e. The van der Waals surface area contributed by atoms with E-state index in [4.69, 9.17) is 0 Å². The lowest BCUT2D eigenvalue weighted by atomic mass is 10.2. The molecule has 2 aromatic heterocycles. The van der Waals surface area contributed by atoms with Crippen molar-refractivity contribution in [1.82, 2.24) is 19.4 Å². The number of carbonyl (C=O) groups is 1. The van der Waals surface area contributed by atoms with Crippen molar-refractivity contribution >= 4 is 22.9 Å². The molecule has 1 amide bonds. The van der Waals surface area contributed by atoms with Gasteiger partial charge in [0.25, 0.3) is 11.5 Å². The average Bonchev–Trinajstić information content (AvgIpc) is 2.99. The summed E-state index contributed by atoms with van der Waals surface area (Å²) in [5.74, 6) is -0.0102. The summed E-state index contributed by atoms with van der Waals surface area (Å²) in [5, 5.41) is 2.81. The number of H-pyrrole nitrogens is 1. The smallest absolute Gasteiger partial charge is 0.263 e. The Bertz CT molecular complexity index is 1000. The van der Waals surface area contributed by atoms with E-state index in [2.05, 4.69) is 34.0 Å². The molecule has 3 aromatic rings. The number of nitrogens with one attached hydrogen (secondary N) is 2. The molecule has 0 aliphatic rings. The standard InChI is InChI=1S/C20H25N5O2/c1-4-24(5-2)12-13-25-17-9-7-6-8-16(17)22-20(25)23-19(27)15-11-10-14(3)21-18(15)26/h6-11H,4-5,12-13H2,1-3H3,(H,21,26)(H,22,23,27). The topological polar surface area (TPSA) is 83.0 Å². The van der Waals surface area contributed by atoms with Crippen LogP contribution in [0, 0.1) is 6.92 Å². The normalized spacial score (nSPS) is 11.3. The molecule has 0 spiro atoms. The van der Waals surface area contributed by atoms with Crippen LogP contribution < -0.4 is 10.9 Å². The highest BCUT2D eigenvalue weighted by Crippen LogP contribution is 2.20. The van der Waals surface area contributed by atoms with Gasteiger partial charge in [-0.2, -0.15) is 0 Å². The highest BCUT2D eigenvalue weighted by Gasteiger charge is 2.16. The number of para-hydroxylation sites is 2. The summed E-state index contributed by atoms with van der Waals surface area (Å²) in [4.78, 5) is 34.2. The van der Waals surface area contributed by atoms with Gasteiger partial charge in [0.05, 0.1) is 11.0 Å². The fraction of sp³-hybridized carbons (Fsp3) is 0.350. The van der Waals surface area contributed by atoms with Crippen molar-refractivity contribution in [2.75, 3.05) is 25.0 Å². The van der Waals surface area contributed by atoms with Crippen LogP contribution >= 0.6 is 0 Å². The first-order chi connectivity index (χ1) is 13.0. The minimum atomic E-state index is -0.462. The Labute approximate surface area is 158 Å². The van der Waals surface area contributed by atoms with E-state index in [9.17, 15) is 9.59 Å². The van der Waals surface area contributed by atoms with Gasteiger partial charge >= 0.3 is 0 Å². The predicted molar refractivity (Wildman–Crippen MR) is 107 cm³/mol. The highest BCUT2D eigenvalue weighted by atomic mass is 16.2. The molecular weight excluding hydrogens is 342 g/mol. The van der Waals surface area contributed by atoms with Gasteiger partial charge in [0.2, 0.25) is 5.95 Å². The maximum absolute atomic E-state index is 12.6. The fourth-order valence-corrected chi connectivity index (χ4v) is 3.10. The Hall–Kier alpha value is -2.93. The van der Waals surface area contributed by atoms with Gasteiger partial charge in [0.15, 0.2) is 0 Å². The van der Waals surface area contributed by atoms with Crippen LogP contribution in [0.3, 0.4) is 0 Å². The van der Waals surface area contributed by atoms with E-state index in [1.807, 2.05) is 28.8 Å². The molecule has 0 aliphatic carbocycles. The summed E-state index contributed by atoms with van der Waals surface area (Å²) in [6.45, 7) is 9.50. The summed E-state index contributed by atoms with van der Waals surface area (Å²) < 4.78 is 1.99. The zero-order valence-corrected chi connectivity index (χ0v) is 16.0. The van der Waals surface area contributed by atoms with Crippen LogP contribution in [-0.4, -0.2) is 45.0 Å². The number of fused-ring (bicyclic) bond motifs is 1. The number of hydrogen-bond donors (Lipinski definition) is 2. The van der Waals surface area contributed by atoms with E-state index in [0.29, 0.717) is 18.2 Å². The molecule has 0 aliphatic heterocycles. The van der Waals surface area contributed by atoms with Gasteiger partial charge in [-0.15, -0.1) is 0 Å². The third kappa shape index (κ3) is 4.09. The van der Waals surface area contributed by atoms with Crippen molar-refractivity contribution in [3.05, 3.63) is 58.0 Å². The highest BCUT2D eigenvalue weighted by molar-refractivity contribution is 6.03. The third-order valence-corrected chi connectivity index (χ3v) is 4.71. The number of hydrogen-bond acceptors (Lipinski definition) is 4. The lowest BCUT2D eigenvalue weighted by Gasteiger charge is -2.19. The van der Waals surface area contributed by atoms with Crippen molar-refractivity contribution in [2.45, 2.75) is 27.3 Å². The van der Waals surface area contributed by atoms with Crippen LogP contribution in [0.1, 0.15) is 29.9 Å². The number of anilines is 1. The molecule has 0 saturated heterocycles. The van der Waals surface area contributed by atoms with E-state index in [1.54, 1.807) is 13.0 Å². The number of carbonyl (C=O) groups excluding carboxylic acids is 1. The Kier molecular flexibility index (Phi) is 5.71. The molecule has 2 N–H and O–H groups in total. The number of aromatic nitrogens is 3. The van der Waals surface area contributed by atoms with Crippen LogP contribution in [0.15, 0.2) is 41.2 Å². The number of imidazole rings is 1. The number of amides is 1. The van der Waals surface area contributed by atoms with Crippen LogP contribution in [0.2, 0.25) is 0 Å². The number of aryl methyl sites for hydroxylation is 1. The zero-order valence-electron chi connectivity index (χ0n) is 16.0. The molecule has 0 bridgehead atoms. The predicted octanol–water partition coefficient (Wildman–Crippen LogP) is 2.63. The first-order valence-corrected chi connectivity index (χ1v) is 9.22. The maximum atomic E-state index is 12.6. The van der Waals surface area contributed by atoms with Crippen molar-refractivity contribution in [3.8, 4) is 0 Å². The van der Waals surface area contributed by atoms with E-state index in [1.165, 1.54) is 6.07 Å². The SMILES string of the molecule is CCN(CC)CCn1c(NC(=O)c2ccc(C)[nH]c2=O)nc2ccccc21. The number of pyridine rings is 1. The second-order valence-corrected chi connectivity index (χ2v) is 6.44. The summed E-state index contributed by atoms with van der Waals surface area (Å²) in [5.41, 5.74) is 2.15. The second kappa shape index (κ2) is 8.18. The van der Waals surface area contributed by atoms with Gasteiger partial charge in [-0.1, -0.05) is 26.0 Å². The number of likely N-dealkylation sites (N-methyl/N-ethyl adjacent to an activating group) is 1. The van der Waals surface area contributed by atoms with Crippen LogP contribution in [0.5, 0.6) is 0 Å². The van der Waals surface area contributed by atoms with Crippen molar-refractivity contribution in [2.24, 2.45) is 0 Å². The molecule has 2 heterocycles. The van der Waals surface area contributed by atoms with Gasteiger partial charge in [-0.05, 0) is 44.3 Å². The van der Waals surface area contributed by atoms with Crippen molar-refractivity contribution < 1.29 is 4.79 Å². The Morgan fingerprint density at radius 1 is 1.19 bits per heavy atom. The lowest BCUT2D eigenvalue weighted by Crippen LogP contribution is -2.28. The van der Waals surface area contributed by atoms with E-state index < -0.39 is 11.5 Å². The second-order valence-electron chi connectivity index (χ2n) is 6.44. The molecule has 27 heavy (non-hydrogen) atoms. The fourth-order valence-electron chi connectivity index (χ4n) is 3.10. The molecule has 7 nitrogen and oxygen atoms in total. The molecule has 0 saturated carbocycles. The van der Waals surface area contributed by atoms with E-state index in [0.717, 1.165) is 30.7 Å². The van der Waals surface area contributed by atoms with Gasteiger partial charge in [0.1, 0.15) is 5.56 Å². The number of aromatic amines is 1. The van der Waals surface area contributed by atoms with Crippen molar-refractivity contribution in [3.63, 3.8) is 0 Å². The molecule has 142 valence electrons. The summed E-state index contributed by atoms with van der Waals surface area (Å²) in [7, 11) is 0. The molecule has 7 heteroatoms. The van der Waals surface area contributed by atoms with Crippen LogP contribution in [0.25, 0.3) is 11.0 Å². The Morgan fingerprint density at radius 3 is 2.63 bits per heavy atom. The van der Waals surface area contributed by atoms with Crippen molar-refractivity contribution in [1.29, 1.82) is 0 Å². The summed E-state index contributed by atoms with van der Waals surface area (Å²) >= 11 is 0. The van der Waals surface area contributed by atoms with Gasteiger partial charge in [0, 0.05) is 18.8 Å². The molecule has 0 atom stereocenters. The number of nitrogens with zero attached hydrogens (tertiary/aromatic N) is 3. The lowest BCUT2D eigenvalue weighted by molar-refractivity contribution is 0.102. The first kappa shape index (κ1) is 18.8. The molecule has 0 unspecified atom stereocenters. The largest absolute Gasteiger partial charge is 0.326 e. The Morgan fingerprint density at radius 2 is 1.93 bits per heavy atom. The Balaban J connectivity index is 1.92. The molecule has 3 rings (SSSR count). The number of benzene rings is 1. The molecule has 1 aromatic carbocycles. The van der Waals surface area contributed by atoms with Gasteiger partial charge in [-0.3, -0.25) is 14.9 Å². The van der Waals surface area contributed by atoms with Crippen LogP contribution in [0.4, 0.5) is 5.95 Å². The summed E-state index contributed by atoms with van der Waals surface area (Å²) in [6.07, 6.45) is 0. The monoisotopic (exact) mass is 367 g/mol. The first-order valence-electron chi connectivity index (χ1n) is 9.22. The molecule has 0 radical (unpaired) electrons. The minimum absolute atomic E-state index is 0.0722. The van der Waals surface area contributed by atoms with Gasteiger partial charge < -0.3 is 14.5 Å². The molecule has 0 fully saturated rings. The van der Waals surface area contributed by atoms with E-state index >= 15 is 0 Å². The third-order valence-electron chi connectivity index (χ3n) is 4.71. The summed E-state index contributed by atoms with van der Waals surface area (Å²) in [6, 6.07) is 11.0. The zero-order chi connectivity index (χ0) is 19.4. The quantitative estimate of drug-likeness (QED) is 0.672. The van der Waals surface area contributed by atoms with Gasteiger partial charge in [-0.25, -0.2) is 4.98 Å². The van der Waals surface area contributed by atoms with E-state index in [-0.39, 0.29) is 5.56 Å². The average molecular weight is 367 g/mol. The van der Waals surface area contributed by atoms with Crippen LogP contribution in [-0.2, 0) is 6.54 Å². The molecular formula is C20H25N5O2.